The number of halogens is 4. The van der Waals surface area contributed by atoms with Gasteiger partial charge in [-0.2, -0.15) is 13.2 Å². The maximum atomic E-state index is 14.5. The second-order valence-corrected chi connectivity index (χ2v) is 7.34. The number of carbonyl (C=O) groups excluding carboxylic acids is 1. The standard InChI is InChI=1S/C18H20ClF3N2O2/c1-10(2)26-9-17(18(20,21)22)12-6-7-24(3)16(25)15(12)23-14-5-4-11(19)8-13(14)17/h4-5,8,10,23H,6-7,9H2,1-3H3. The Labute approximate surface area is 154 Å². The lowest BCUT2D eigenvalue weighted by molar-refractivity contribution is -0.198. The average Bonchev–Trinajstić information content (AvgIpc) is 2.54. The van der Waals surface area contributed by atoms with E-state index in [0.29, 0.717) is 0 Å². The van der Waals surface area contributed by atoms with Gasteiger partial charge in [0.1, 0.15) is 11.1 Å². The zero-order valence-electron chi connectivity index (χ0n) is 14.7. The predicted octanol–water partition coefficient (Wildman–Crippen LogP) is 4.11. The molecule has 2 heterocycles. The first kappa shape index (κ1) is 19.0. The molecular weight excluding hydrogens is 369 g/mol. The average molecular weight is 389 g/mol. The van der Waals surface area contributed by atoms with Crippen LogP contribution in [0.4, 0.5) is 18.9 Å². The second kappa shape index (κ2) is 6.46. The van der Waals surface area contributed by atoms with Gasteiger partial charge in [-0.05, 0) is 49.6 Å². The van der Waals surface area contributed by atoms with Crippen LogP contribution in [0.5, 0.6) is 0 Å². The number of rotatable bonds is 3. The fraction of sp³-hybridized carbons (Fsp3) is 0.500. The van der Waals surface area contributed by atoms with Crippen LogP contribution < -0.4 is 5.32 Å². The predicted molar refractivity (Wildman–Crippen MR) is 93.2 cm³/mol. The molecule has 2 aliphatic heterocycles. The number of hydrogen-bond acceptors (Lipinski definition) is 3. The van der Waals surface area contributed by atoms with Crippen LogP contribution in [0.25, 0.3) is 0 Å². The molecule has 0 aromatic heterocycles. The molecule has 0 saturated carbocycles. The lowest BCUT2D eigenvalue weighted by Gasteiger charge is -2.46. The monoisotopic (exact) mass is 388 g/mol. The van der Waals surface area contributed by atoms with E-state index in [4.69, 9.17) is 16.3 Å². The van der Waals surface area contributed by atoms with E-state index in [1.54, 1.807) is 20.9 Å². The van der Waals surface area contributed by atoms with Gasteiger partial charge in [0, 0.05) is 24.3 Å². The summed E-state index contributed by atoms with van der Waals surface area (Å²) in [6, 6.07) is 4.28. The highest BCUT2D eigenvalue weighted by Gasteiger charge is 2.62. The molecule has 0 radical (unpaired) electrons. The lowest BCUT2D eigenvalue weighted by Crippen LogP contribution is -2.54. The Kier molecular flexibility index (Phi) is 4.73. The summed E-state index contributed by atoms with van der Waals surface area (Å²) in [6.07, 6.45) is -4.93. The molecule has 1 atom stereocenters. The zero-order chi connectivity index (χ0) is 19.3. The Hall–Kier alpha value is -1.73. The molecule has 3 rings (SSSR count). The van der Waals surface area contributed by atoms with Gasteiger partial charge in [0.05, 0.1) is 12.7 Å². The van der Waals surface area contributed by atoms with Crippen LogP contribution in [0.2, 0.25) is 5.02 Å². The number of hydrogen-bond donors (Lipinski definition) is 1. The summed E-state index contributed by atoms with van der Waals surface area (Å²) in [7, 11) is 1.57. The second-order valence-electron chi connectivity index (χ2n) is 6.91. The summed E-state index contributed by atoms with van der Waals surface area (Å²) in [5.41, 5.74) is -2.19. The Bertz CT molecular complexity index is 776. The van der Waals surface area contributed by atoms with E-state index in [-0.39, 0.29) is 40.5 Å². The third-order valence-electron chi connectivity index (χ3n) is 4.89. The number of alkyl halides is 3. The number of fused-ring (bicyclic) bond motifs is 1. The Morgan fingerprint density at radius 2 is 2.08 bits per heavy atom. The van der Waals surface area contributed by atoms with Gasteiger partial charge >= 0.3 is 6.18 Å². The Morgan fingerprint density at radius 1 is 1.38 bits per heavy atom. The van der Waals surface area contributed by atoms with Crippen molar-refractivity contribution in [3.63, 3.8) is 0 Å². The van der Waals surface area contributed by atoms with E-state index >= 15 is 0 Å². The summed E-state index contributed by atoms with van der Waals surface area (Å²) >= 11 is 6.02. The molecule has 8 heteroatoms. The van der Waals surface area contributed by atoms with Gasteiger partial charge in [0.15, 0.2) is 0 Å². The molecule has 0 saturated heterocycles. The summed E-state index contributed by atoms with van der Waals surface area (Å²) in [5, 5.41) is 3.10. The quantitative estimate of drug-likeness (QED) is 0.847. The molecule has 1 aromatic carbocycles. The molecule has 2 aliphatic rings. The van der Waals surface area contributed by atoms with Gasteiger partial charge in [0.2, 0.25) is 0 Å². The van der Waals surface area contributed by atoms with Crippen molar-refractivity contribution in [3.8, 4) is 0 Å². The summed E-state index contributed by atoms with van der Waals surface area (Å²) < 4.78 is 49.1. The maximum Gasteiger partial charge on any atom is 0.404 e. The molecule has 26 heavy (non-hydrogen) atoms. The van der Waals surface area contributed by atoms with Crippen LogP contribution in [0.1, 0.15) is 25.8 Å². The van der Waals surface area contributed by atoms with E-state index in [9.17, 15) is 18.0 Å². The number of nitrogens with one attached hydrogen (secondary N) is 1. The van der Waals surface area contributed by atoms with Gasteiger partial charge in [0.25, 0.3) is 5.91 Å². The summed E-state index contributed by atoms with van der Waals surface area (Å²) in [5.74, 6) is -0.454. The van der Waals surface area contributed by atoms with Crippen LogP contribution in [0, 0.1) is 0 Å². The van der Waals surface area contributed by atoms with Crippen molar-refractivity contribution in [3.05, 3.63) is 40.1 Å². The molecular formula is C18H20ClF3N2O2. The van der Waals surface area contributed by atoms with E-state index in [2.05, 4.69) is 5.32 Å². The zero-order valence-corrected chi connectivity index (χ0v) is 15.5. The topological polar surface area (TPSA) is 41.6 Å². The number of amides is 1. The first-order chi connectivity index (χ1) is 12.1. The SMILES string of the molecule is CC(C)OCC1(C(F)(F)F)C2=C(Nc3ccc(Cl)cc31)C(=O)N(C)CC2. The minimum atomic E-state index is -4.65. The lowest BCUT2D eigenvalue weighted by atomic mass is 9.68. The van der Waals surface area contributed by atoms with E-state index in [1.165, 1.54) is 23.1 Å². The van der Waals surface area contributed by atoms with Gasteiger partial charge < -0.3 is 15.0 Å². The van der Waals surface area contributed by atoms with Gasteiger partial charge in [-0.1, -0.05) is 11.6 Å². The molecule has 0 fully saturated rings. The largest absolute Gasteiger partial charge is 0.404 e. The summed E-state index contributed by atoms with van der Waals surface area (Å²) in [4.78, 5) is 14.0. The molecule has 1 unspecified atom stereocenters. The van der Waals surface area contributed by atoms with Crippen LogP contribution in [-0.4, -0.2) is 43.3 Å². The molecule has 1 aromatic rings. The highest BCUT2D eigenvalue weighted by atomic mass is 35.5. The van der Waals surface area contributed by atoms with Crippen molar-refractivity contribution in [2.75, 3.05) is 25.5 Å². The first-order valence-corrected chi connectivity index (χ1v) is 8.70. The highest BCUT2D eigenvalue weighted by molar-refractivity contribution is 6.30. The molecule has 0 aliphatic carbocycles. The molecule has 1 amide bonds. The third-order valence-corrected chi connectivity index (χ3v) is 5.13. The highest BCUT2D eigenvalue weighted by Crippen LogP contribution is 2.54. The minimum absolute atomic E-state index is 0.00532. The van der Waals surface area contributed by atoms with Crippen molar-refractivity contribution in [2.45, 2.75) is 38.0 Å². The first-order valence-electron chi connectivity index (χ1n) is 8.32. The molecule has 4 nitrogen and oxygen atoms in total. The fourth-order valence-corrected chi connectivity index (χ4v) is 3.69. The third kappa shape index (κ3) is 2.87. The number of carbonyl (C=O) groups is 1. The molecule has 1 N–H and O–H groups in total. The molecule has 0 bridgehead atoms. The van der Waals surface area contributed by atoms with Gasteiger partial charge in [-0.25, -0.2) is 0 Å². The number of benzene rings is 1. The van der Waals surface area contributed by atoms with E-state index in [1.807, 2.05) is 0 Å². The van der Waals surface area contributed by atoms with Crippen LogP contribution in [0.3, 0.4) is 0 Å². The maximum absolute atomic E-state index is 14.5. The van der Waals surface area contributed by atoms with E-state index < -0.39 is 30.2 Å². The fourth-order valence-electron chi connectivity index (χ4n) is 3.52. The van der Waals surface area contributed by atoms with Crippen molar-refractivity contribution in [2.24, 2.45) is 0 Å². The number of ether oxygens (including phenoxy) is 1. The van der Waals surface area contributed by atoms with Gasteiger partial charge in [-0.3, -0.25) is 4.79 Å². The summed E-state index contributed by atoms with van der Waals surface area (Å²) in [6.45, 7) is 2.98. The van der Waals surface area contributed by atoms with Crippen LogP contribution in [-0.2, 0) is 14.9 Å². The molecule has 0 spiro atoms. The Balaban J connectivity index is 2.30. The van der Waals surface area contributed by atoms with Crippen molar-refractivity contribution in [1.82, 2.24) is 4.90 Å². The van der Waals surface area contributed by atoms with Gasteiger partial charge in [-0.15, -0.1) is 0 Å². The van der Waals surface area contributed by atoms with Crippen LogP contribution >= 0.6 is 11.6 Å². The van der Waals surface area contributed by atoms with Crippen molar-refractivity contribution in [1.29, 1.82) is 0 Å². The normalized spacial score (nSPS) is 23.1. The Morgan fingerprint density at radius 3 is 2.69 bits per heavy atom. The number of anilines is 1. The van der Waals surface area contributed by atoms with Crippen molar-refractivity contribution < 1.29 is 22.7 Å². The number of likely N-dealkylation sites (N-methyl/N-ethyl adjacent to an activating group) is 1. The smallest absolute Gasteiger partial charge is 0.377 e. The number of nitrogens with zero attached hydrogens (tertiary/aromatic N) is 1. The minimum Gasteiger partial charge on any atom is -0.377 e. The van der Waals surface area contributed by atoms with E-state index in [0.717, 1.165) is 0 Å². The van der Waals surface area contributed by atoms with Crippen molar-refractivity contribution >= 4 is 23.2 Å². The molecule has 142 valence electrons. The van der Waals surface area contributed by atoms with Crippen LogP contribution in [0.15, 0.2) is 29.5 Å².